The molecule has 0 saturated carbocycles. The van der Waals surface area contributed by atoms with Crippen LogP contribution < -0.4 is 10.8 Å². The molecule has 1 aromatic carbocycles. The van der Waals surface area contributed by atoms with E-state index in [4.69, 9.17) is 9.39 Å². The highest BCUT2D eigenvalue weighted by Crippen LogP contribution is 2.31. The predicted molar refractivity (Wildman–Crippen MR) is 113 cm³/mol. The van der Waals surface area contributed by atoms with Gasteiger partial charge >= 0.3 is 16.4 Å². The van der Waals surface area contributed by atoms with Crippen LogP contribution in [0.2, 0.25) is 0 Å². The molecule has 0 spiro atoms. The van der Waals surface area contributed by atoms with Crippen molar-refractivity contribution in [2.75, 3.05) is 19.7 Å². The van der Waals surface area contributed by atoms with E-state index in [1.807, 2.05) is 30.6 Å². The Hall–Kier alpha value is -2.78. The quantitative estimate of drug-likeness (QED) is 0.366. The third-order valence-electron chi connectivity index (χ3n) is 6.33. The van der Waals surface area contributed by atoms with Crippen molar-refractivity contribution in [3.63, 3.8) is 0 Å². The zero-order valence-corrected chi connectivity index (χ0v) is 18.3. The fourth-order valence-corrected chi connectivity index (χ4v) is 5.18. The molecule has 3 aliphatic heterocycles. The van der Waals surface area contributed by atoms with Crippen LogP contribution in [0.4, 0.5) is 4.79 Å². The molecular formula is C19H24N6O7S. The number of hydrogen-bond acceptors (Lipinski definition) is 8. The van der Waals surface area contributed by atoms with E-state index < -0.39 is 34.4 Å². The van der Waals surface area contributed by atoms with Gasteiger partial charge in [0.2, 0.25) is 0 Å². The molecule has 3 fully saturated rings. The minimum atomic E-state index is -4.83. The number of hydroxylamine groups is 3. The first-order chi connectivity index (χ1) is 15.8. The molecule has 3 aliphatic rings. The van der Waals surface area contributed by atoms with Gasteiger partial charge in [-0.15, -0.1) is 4.28 Å². The van der Waals surface area contributed by atoms with E-state index in [9.17, 15) is 18.0 Å². The van der Waals surface area contributed by atoms with Gasteiger partial charge in [-0.2, -0.15) is 13.5 Å². The number of urea groups is 1. The summed E-state index contributed by atoms with van der Waals surface area (Å²) in [5, 5.41) is 3.98. The van der Waals surface area contributed by atoms with Gasteiger partial charge in [-0.05, 0) is 31.4 Å². The van der Waals surface area contributed by atoms with Gasteiger partial charge in [-0.3, -0.25) is 14.2 Å². The largest absolute Gasteiger partial charge is 0.418 e. The second-order valence-electron chi connectivity index (χ2n) is 8.42. The summed E-state index contributed by atoms with van der Waals surface area (Å²) < 4.78 is 37.3. The Morgan fingerprint density at radius 2 is 2.09 bits per heavy atom. The molecule has 0 aliphatic carbocycles. The van der Waals surface area contributed by atoms with Crippen molar-refractivity contribution in [2.45, 2.75) is 43.4 Å². The summed E-state index contributed by atoms with van der Waals surface area (Å²) >= 11 is 0. The lowest BCUT2D eigenvalue weighted by Gasteiger charge is -2.29. The summed E-state index contributed by atoms with van der Waals surface area (Å²) in [6.45, 7) is 1.12. The molecule has 13 nitrogen and oxygen atoms in total. The number of benzene rings is 1. The van der Waals surface area contributed by atoms with Crippen LogP contribution >= 0.6 is 0 Å². The fourth-order valence-electron chi connectivity index (χ4n) is 4.79. The third-order valence-corrected chi connectivity index (χ3v) is 6.68. The number of piperidine rings is 1. The molecule has 0 unspecified atom stereocenters. The Labute approximate surface area is 189 Å². The minimum Gasteiger partial charge on any atom is -0.326 e. The highest BCUT2D eigenvalue weighted by molar-refractivity contribution is 7.80. The Bertz CT molecular complexity index is 1170. The van der Waals surface area contributed by atoms with Crippen LogP contribution in [-0.2, 0) is 24.3 Å². The molecular weight excluding hydrogens is 456 g/mol. The average Bonchev–Trinajstić information content (AvgIpc) is 3.47. The number of fused-ring (bicyclic) bond motifs is 3. The van der Waals surface area contributed by atoms with Gasteiger partial charge in [0.05, 0.1) is 30.0 Å². The van der Waals surface area contributed by atoms with E-state index in [1.165, 1.54) is 4.90 Å². The van der Waals surface area contributed by atoms with Crippen molar-refractivity contribution < 1.29 is 31.7 Å². The van der Waals surface area contributed by atoms with Crippen molar-refractivity contribution in [1.82, 2.24) is 30.3 Å². The van der Waals surface area contributed by atoms with Gasteiger partial charge in [-0.1, -0.05) is 12.1 Å². The first-order valence-electron chi connectivity index (χ1n) is 10.6. The Kier molecular flexibility index (Phi) is 5.70. The number of imidazole rings is 1. The Balaban J connectivity index is 1.12. The number of hydrogen-bond donors (Lipinski definition) is 3. The van der Waals surface area contributed by atoms with Gasteiger partial charge in [0.25, 0.3) is 5.91 Å². The first kappa shape index (κ1) is 22.0. The fraction of sp³-hybridized carbons (Fsp3) is 0.526. The molecule has 2 aromatic rings. The normalized spacial score (nSPS) is 27.5. The smallest absolute Gasteiger partial charge is 0.326 e. The number of amides is 3. The maximum Gasteiger partial charge on any atom is 0.418 e. The molecule has 4 heterocycles. The number of rotatable bonds is 7. The molecule has 178 valence electrons. The van der Waals surface area contributed by atoms with E-state index in [-0.39, 0.29) is 25.2 Å². The number of aromatic nitrogens is 2. The van der Waals surface area contributed by atoms with E-state index in [1.54, 1.807) is 0 Å². The topological polar surface area (TPSA) is 155 Å². The van der Waals surface area contributed by atoms with E-state index in [0.29, 0.717) is 17.9 Å². The molecule has 3 amide bonds. The van der Waals surface area contributed by atoms with Crippen LogP contribution in [0.1, 0.15) is 25.3 Å². The molecule has 14 heteroatoms. The standard InChI is InChI=1S/C19H24N6O7S/c26-18(17-6-5-13-9-23(17)19(27)25(13)32-33(28,29)30)22-31-10-12-7-14(8-20-12)24-11-21-15-3-1-2-4-16(15)24/h1-4,11-14,17,20H,5-10H2,(H,22,26)(H,28,29,30)/t12-,13+,14-,17-/m0/s1. The van der Waals surface area contributed by atoms with Crippen LogP contribution in [0.15, 0.2) is 30.6 Å². The monoisotopic (exact) mass is 480 g/mol. The summed E-state index contributed by atoms with van der Waals surface area (Å²) in [4.78, 5) is 36.1. The first-order valence-corrected chi connectivity index (χ1v) is 12.0. The molecule has 4 atom stereocenters. The van der Waals surface area contributed by atoms with E-state index >= 15 is 0 Å². The van der Waals surface area contributed by atoms with Gasteiger partial charge in [0.1, 0.15) is 6.04 Å². The van der Waals surface area contributed by atoms with E-state index in [2.05, 4.69) is 24.6 Å². The maximum absolute atomic E-state index is 12.6. The Morgan fingerprint density at radius 3 is 2.91 bits per heavy atom. The highest BCUT2D eigenvalue weighted by atomic mass is 32.3. The third kappa shape index (κ3) is 4.39. The second kappa shape index (κ2) is 8.53. The molecule has 3 saturated heterocycles. The van der Waals surface area contributed by atoms with Crippen LogP contribution in [0.3, 0.4) is 0 Å². The average molecular weight is 481 g/mol. The molecule has 33 heavy (non-hydrogen) atoms. The van der Waals surface area contributed by atoms with Crippen LogP contribution in [0, 0.1) is 0 Å². The number of para-hydroxylation sites is 2. The van der Waals surface area contributed by atoms with Crippen molar-refractivity contribution >= 4 is 33.4 Å². The van der Waals surface area contributed by atoms with E-state index in [0.717, 1.165) is 24.0 Å². The second-order valence-corrected chi connectivity index (χ2v) is 9.43. The van der Waals surface area contributed by atoms with Gasteiger partial charge < -0.3 is 14.8 Å². The zero-order chi connectivity index (χ0) is 23.2. The van der Waals surface area contributed by atoms with Crippen LogP contribution in [-0.4, -0.2) is 82.2 Å². The summed E-state index contributed by atoms with van der Waals surface area (Å²) in [5.74, 6) is -0.495. The van der Waals surface area contributed by atoms with Crippen molar-refractivity contribution in [3.8, 4) is 0 Å². The lowest BCUT2D eigenvalue weighted by molar-refractivity contribution is -0.139. The number of carbonyl (C=O) groups excluding carboxylic acids is 2. The Morgan fingerprint density at radius 1 is 1.27 bits per heavy atom. The lowest BCUT2D eigenvalue weighted by atomic mass is 10.0. The van der Waals surface area contributed by atoms with Crippen LogP contribution in [0.25, 0.3) is 11.0 Å². The maximum atomic E-state index is 12.6. The predicted octanol–water partition coefficient (Wildman–Crippen LogP) is -0.00990. The number of nitrogens with one attached hydrogen (secondary N) is 2. The van der Waals surface area contributed by atoms with Crippen LogP contribution in [0.5, 0.6) is 0 Å². The SMILES string of the molecule is O=C(NOC[C@@H]1C[C@H](n2cnc3ccccc32)CN1)[C@@H]1CC[C@@H]2CN1C(=O)N2OS(=O)(=O)O. The molecule has 1 aromatic heterocycles. The summed E-state index contributed by atoms with van der Waals surface area (Å²) in [6.07, 6.45) is 3.29. The van der Waals surface area contributed by atoms with Crippen molar-refractivity contribution in [2.24, 2.45) is 0 Å². The van der Waals surface area contributed by atoms with Gasteiger partial charge in [-0.25, -0.2) is 15.3 Å². The van der Waals surface area contributed by atoms with Crippen molar-refractivity contribution in [3.05, 3.63) is 30.6 Å². The number of nitrogens with zero attached hydrogens (tertiary/aromatic N) is 4. The summed E-state index contributed by atoms with van der Waals surface area (Å²) in [5.41, 5.74) is 4.41. The van der Waals surface area contributed by atoms with Gasteiger partial charge in [0, 0.05) is 25.2 Å². The summed E-state index contributed by atoms with van der Waals surface area (Å²) in [6, 6.07) is 6.02. The minimum absolute atomic E-state index is 0.0271. The summed E-state index contributed by atoms with van der Waals surface area (Å²) in [7, 11) is -4.83. The molecule has 5 rings (SSSR count). The molecule has 2 bridgehead atoms. The number of carbonyl (C=O) groups is 2. The van der Waals surface area contributed by atoms with Gasteiger partial charge in [0.15, 0.2) is 0 Å². The lowest BCUT2D eigenvalue weighted by Crippen LogP contribution is -2.50. The zero-order valence-electron chi connectivity index (χ0n) is 17.5. The molecule has 3 N–H and O–H groups in total. The molecule has 0 radical (unpaired) electrons. The highest BCUT2D eigenvalue weighted by Gasteiger charge is 2.49. The van der Waals surface area contributed by atoms with Crippen molar-refractivity contribution in [1.29, 1.82) is 0 Å².